The van der Waals surface area contributed by atoms with Gasteiger partial charge < -0.3 is 9.88 Å². The van der Waals surface area contributed by atoms with Gasteiger partial charge in [-0.2, -0.15) is 0 Å². The van der Waals surface area contributed by atoms with Crippen LogP contribution < -0.4 is 10.2 Å². The summed E-state index contributed by atoms with van der Waals surface area (Å²) in [7, 11) is 1.84. The minimum Gasteiger partial charge on any atom is -0.349 e. The molecule has 4 aromatic rings. The molecule has 0 saturated carbocycles. The highest BCUT2D eigenvalue weighted by Crippen LogP contribution is 2.31. The van der Waals surface area contributed by atoms with Crippen LogP contribution in [-0.4, -0.2) is 37.9 Å². The van der Waals surface area contributed by atoms with Crippen molar-refractivity contribution >= 4 is 29.3 Å². The Kier molecular flexibility index (Phi) is 8.26. The Bertz CT molecular complexity index is 1390. The molecule has 196 valence electrons. The molecule has 2 amide bonds. The molecule has 1 N–H and O–H groups in total. The molecule has 1 heterocycles. The average Bonchev–Trinajstić information content (AvgIpc) is 3.26. The zero-order valence-corrected chi connectivity index (χ0v) is 22.6. The highest BCUT2D eigenvalue weighted by molar-refractivity contribution is 7.99. The molecular formula is C29H30FN5O2S. The van der Waals surface area contributed by atoms with E-state index in [1.54, 1.807) is 12.1 Å². The molecule has 9 heteroatoms. The van der Waals surface area contributed by atoms with Gasteiger partial charge in [0.1, 0.15) is 11.9 Å². The molecular weight excluding hydrogens is 501 g/mol. The lowest BCUT2D eigenvalue weighted by Crippen LogP contribution is -2.50. The summed E-state index contributed by atoms with van der Waals surface area (Å²) in [6, 6.07) is 23.4. The number of nitrogens with one attached hydrogen (secondary N) is 1. The summed E-state index contributed by atoms with van der Waals surface area (Å²) in [6.45, 7) is 5.64. The van der Waals surface area contributed by atoms with Crippen LogP contribution >= 0.6 is 11.8 Å². The first-order valence-electron chi connectivity index (χ1n) is 12.2. The lowest BCUT2D eigenvalue weighted by molar-refractivity contribution is -0.127. The Hall–Kier alpha value is -3.98. The van der Waals surface area contributed by atoms with Gasteiger partial charge in [-0.05, 0) is 50.6 Å². The number of hydrogen-bond donors (Lipinski definition) is 1. The first-order chi connectivity index (χ1) is 18.1. The maximum atomic E-state index is 13.8. The number of carbonyl (C=O) groups is 2. The van der Waals surface area contributed by atoms with Crippen LogP contribution in [-0.2, 0) is 16.6 Å². The van der Waals surface area contributed by atoms with Gasteiger partial charge in [-0.15, -0.1) is 10.2 Å². The largest absolute Gasteiger partial charge is 0.349 e. The van der Waals surface area contributed by atoms with Crippen molar-refractivity contribution in [3.63, 3.8) is 0 Å². The van der Waals surface area contributed by atoms with E-state index in [4.69, 9.17) is 0 Å². The predicted octanol–water partition coefficient (Wildman–Crippen LogP) is 5.40. The summed E-state index contributed by atoms with van der Waals surface area (Å²) in [5.41, 5.74) is 1.44. The number of anilines is 1. The van der Waals surface area contributed by atoms with Gasteiger partial charge in [0, 0.05) is 23.8 Å². The average molecular weight is 532 g/mol. The third-order valence-corrected chi connectivity index (χ3v) is 6.69. The first kappa shape index (κ1) is 27.1. The Labute approximate surface area is 226 Å². The smallest absolute Gasteiger partial charge is 0.248 e. The molecule has 7 nitrogen and oxygen atoms in total. The number of rotatable bonds is 8. The third-order valence-electron chi connectivity index (χ3n) is 5.69. The van der Waals surface area contributed by atoms with Gasteiger partial charge >= 0.3 is 0 Å². The van der Waals surface area contributed by atoms with Crippen LogP contribution in [0.3, 0.4) is 0 Å². The number of hydrogen-bond acceptors (Lipinski definition) is 5. The number of benzene rings is 3. The van der Waals surface area contributed by atoms with Gasteiger partial charge in [-0.1, -0.05) is 72.4 Å². The molecule has 0 aliphatic carbocycles. The number of thioether (sulfide) groups is 1. The predicted molar refractivity (Wildman–Crippen MR) is 148 cm³/mol. The van der Waals surface area contributed by atoms with Gasteiger partial charge in [-0.25, -0.2) is 4.39 Å². The quantitative estimate of drug-likeness (QED) is 0.308. The van der Waals surface area contributed by atoms with Crippen molar-refractivity contribution in [2.45, 2.75) is 37.5 Å². The van der Waals surface area contributed by atoms with Crippen molar-refractivity contribution in [1.82, 2.24) is 20.1 Å². The number of carbonyl (C=O) groups excluding carboxylic acids is 2. The Morgan fingerprint density at radius 1 is 0.947 bits per heavy atom. The van der Waals surface area contributed by atoms with Crippen molar-refractivity contribution in [2.75, 3.05) is 10.7 Å². The fraction of sp³-hybridized carbons (Fsp3) is 0.241. The minimum atomic E-state index is -0.964. The second-order valence-corrected chi connectivity index (χ2v) is 10.8. The molecule has 3 aromatic carbocycles. The number of nitrogens with zero attached hydrogens (tertiary/aromatic N) is 4. The van der Waals surface area contributed by atoms with Gasteiger partial charge in [0.05, 0.1) is 5.75 Å². The van der Waals surface area contributed by atoms with E-state index in [0.717, 1.165) is 5.56 Å². The van der Waals surface area contributed by atoms with E-state index >= 15 is 0 Å². The van der Waals surface area contributed by atoms with Crippen LogP contribution in [0, 0.1) is 5.82 Å². The number of amides is 2. The lowest BCUT2D eigenvalue weighted by Gasteiger charge is -2.33. The van der Waals surface area contributed by atoms with E-state index in [1.165, 1.54) is 40.9 Å². The Morgan fingerprint density at radius 3 is 2.16 bits per heavy atom. The van der Waals surface area contributed by atoms with E-state index in [9.17, 15) is 14.0 Å². The molecule has 0 radical (unpaired) electrons. The van der Waals surface area contributed by atoms with Crippen LogP contribution in [0.1, 0.15) is 32.4 Å². The van der Waals surface area contributed by atoms with Crippen LogP contribution in [0.2, 0.25) is 0 Å². The summed E-state index contributed by atoms with van der Waals surface area (Å²) in [6.07, 6.45) is 0. The normalized spacial score (nSPS) is 12.1. The SMILES string of the molecule is Cn1c(SCC(=O)N(c2ccc(F)cc2)[C@@H](C(=O)NC(C)(C)C)c2ccccc2)nnc1-c1ccccc1. The van der Waals surface area contributed by atoms with E-state index in [-0.39, 0.29) is 17.6 Å². The number of aromatic nitrogens is 3. The highest BCUT2D eigenvalue weighted by atomic mass is 32.2. The van der Waals surface area contributed by atoms with E-state index in [2.05, 4.69) is 15.5 Å². The Morgan fingerprint density at radius 2 is 1.55 bits per heavy atom. The summed E-state index contributed by atoms with van der Waals surface area (Å²) >= 11 is 1.23. The summed E-state index contributed by atoms with van der Waals surface area (Å²) < 4.78 is 15.6. The third kappa shape index (κ3) is 6.47. The molecule has 0 bridgehead atoms. The Balaban J connectivity index is 1.67. The molecule has 0 spiro atoms. The van der Waals surface area contributed by atoms with Crippen molar-refractivity contribution in [3.8, 4) is 11.4 Å². The van der Waals surface area contributed by atoms with Gasteiger partial charge in [0.2, 0.25) is 11.8 Å². The maximum absolute atomic E-state index is 13.8. The van der Waals surface area contributed by atoms with Crippen molar-refractivity contribution in [1.29, 1.82) is 0 Å². The fourth-order valence-electron chi connectivity index (χ4n) is 4.00. The monoisotopic (exact) mass is 531 g/mol. The molecule has 0 fully saturated rings. The zero-order valence-electron chi connectivity index (χ0n) is 21.8. The molecule has 0 aliphatic heterocycles. The molecule has 0 unspecified atom stereocenters. The number of halogens is 1. The van der Waals surface area contributed by atoms with Gasteiger partial charge in [-0.3, -0.25) is 14.5 Å². The molecule has 1 aromatic heterocycles. The molecule has 0 aliphatic rings. The van der Waals surface area contributed by atoms with E-state index in [0.29, 0.717) is 22.2 Å². The van der Waals surface area contributed by atoms with E-state index in [1.807, 2.05) is 80.9 Å². The standard InChI is InChI=1S/C29H30FN5O2S/c1-29(2,3)31-27(37)25(20-11-7-5-8-12-20)35(23-17-15-22(30)16-18-23)24(36)19-38-28-33-32-26(34(28)4)21-13-9-6-10-14-21/h5-18,25H,19H2,1-4H3,(H,31,37)/t25-/m1/s1. The topological polar surface area (TPSA) is 80.1 Å². The first-order valence-corrected chi connectivity index (χ1v) is 13.1. The van der Waals surface area contributed by atoms with E-state index < -0.39 is 17.4 Å². The second-order valence-electron chi connectivity index (χ2n) is 9.81. The minimum absolute atomic E-state index is 0.00965. The second kappa shape index (κ2) is 11.6. The van der Waals surface area contributed by atoms with Crippen molar-refractivity contribution in [2.24, 2.45) is 7.05 Å². The molecule has 4 rings (SSSR count). The molecule has 0 saturated heterocycles. The van der Waals surface area contributed by atoms with Crippen LogP contribution in [0.15, 0.2) is 90.1 Å². The molecule has 1 atom stereocenters. The zero-order chi connectivity index (χ0) is 27.3. The van der Waals surface area contributed by atoms with Crippen molar-refractivity contribution in [3.05, 3.63) is 96.3 Å². The van der Waals surface area contributed by atoms with Crippen LogP contribution in [0.5, 0.6) is 0 Å². The van der Waals surface area contributed by atoms with Crippen LogP contribution in [0.4, 0.5) is 10.1 Å². The van der Waals surface area contributed by atoms with Gasteiger partial charge in [0.15, 0.2) is 11.0 Å². The lowest BCUT2D eigenvalue weighted by atomic mass is 10.0. The maximum Gasteiger partial charge on any atom is 0.248 e. The fourth-order valence-corrected chi connectivity index (χ4v) is 4.78. The summed E-state index contributed by atoms with van der Waals surface area (Å²) in [5, 5.41) is 12.1. The molecule has 38 heavy (non-hydrogen) atoms. The summed E-state index contributed by atoms with van der Waals surface area (Å²) in [4.78, 5) is 28.9. The van der Waals surface area contributed by atoms with Crippen LogP contribution in [0.25, 0.3) is 11.4 Å². The highest BCUT2D eigenvalue weighted by Gasteiger charge is 2.34. The van der Waals surface area contributed by atoms with Gasteiger partial charge in [0.25, 0.3) is 0 Å². The van der Waals surface area contributed by atoms with Crippen molar-refractivity contribution < 1.29 is 14.0 Å². The summed E-state index contributed by atoms with van der Waals surface area (Å²) in [5.74, 6) is -0.425.